The smallest absolute Gasteiger partial charge is 0.342 e. The summed E-state index contributed by atoms with van der Waals surface area (Å²) in [5.41, 5.74) is 1.39. The van der Waals surface area contributed by atoms with Crippen molar-refractivity contribution in [2.45, 2.75) is 84.0 Å². The summed E-state index contributed by atoms with van der Waals surface area (Å²) in [5, 5.41) is 9.25. The van der Waals surface area contributed by atoms with Crippen molar-refractivity contribution >= 4 is 5.97 Å². The molecule has 0 aliphatic carbocycles. The van der Waals surface area contributed by atoms with Crippen molar-refractivity contribution in [3.63, 3.8) is 0 Å². The fourth-order valence-corrected chi connectivity index (χ4v) is 3.11. The van der Waals surface area contributed by atoms with Gasteiger partial charge in [0.25, 0.3) is 0 Å². The lowest BCUT2D eigenvalue weighted by molar-refractivity contribution is -0.679. The first-order valence-electron chi connectivity index (χ1n) is 9.37. The third-order valence-corrected chi connectivity index (χ3v) is 4.56. The van der Waals surface area contributed by atoms with Gasteiger partial charge in [-0.2, -0.15) is 0 Å². The molecule has 0 saturated heterocycles. The van der Waals surface area contributed by atoms with E-state index in [1.54, 1.807) is 12.1 Å². The first-order chi connectivity index (χ1) is 11.2. The summed E-state index contributed by atoms with van der Waals surface area (Å²) in [4.78, 5) is 11.3. The second-order valence-corrected chi connectivity index (χ2v) is 6.57. The molecule has 1 aromatic rings. The number of carboxylic acids is 1. The molecule has 0 aromatic carbocycles. The highest BCUT2D eigenvalue weighted by atomic mass is 16.4. The molecule has 0 bridgehead atoms. The van der Waals surface area contributed by atoms with Crippen molar-refractivity contribution in [2.75, 3.05) is 0 Å². The maximum atomic E-state index is 11.3. The molecule has 0 atom stereocenters. The summed E-state index contributed by atoms with van der Waals surface area (Å²) in [6.07, 6.45) is 17.3. The zero-order valence-corrected chi connectivity index (χ0v) is 15.0. The monoisotopic (exact) mass is 320 g/mol. The summed E-state index contributed by atoms with van der Waals surface area (Å²) in [6.45, 7) is 2.26. The number of unbranched alkanes of at least 4 members (excludes halogenated alkanes) is 10. The van der Waals surface area contributed by atoms with Crippen LogP contribution in [0.4, 0.5) is 0 Å². The van der Waals surface area contributed by atoms with Gasteiger partial charge < -0.3 is 5.11 Å². The lowest BCUT2D eigenvalue weighted by atomic mass is 10.0. The molecule has 0 spiro atoms. The van der Waals surface area contributed by atoms with E-state index in [1.807, 2.05) is 17.8 Å². The van der Waals surface area contributed by atoms with Crippen molar-refractivity contribution < 1.29 is 14.5 Å². The van der Waals surface area contributed by atoms with Gasteiger partial charge in [-0.25, -0.2) is 9.36 Å². The molecule has 0 fully saturated rings. The minimum absolute atomic E-state index is 0.446. The van der Waals surface area contributed by atoms with Gasteiger partial charge in [0.05, 0.1) is 0 Å². The maximum absolute atomic E-state index is 11.3. The lowest BCUT2D eigenvalue weighted by Crippen LogP contribution is -2.35. The fourth-order valence-electron chi connectivity index (χ4n) is 3.11. The molecule has 1 aromatic heterocycles. The first kappa shape index (κ1) is 19.7. The van der Waals surface area contributed by atoms with Crippen LogP contribution in [-0.2, 0) is 13.5 Å². The summed E-state index contributed by atoms with van der Waals surface area (Å²) < 4.78 is 1.94. The van der Waals surface area contributed by atoms with Crippen LogP contribution in [0.1, 0.15) is 93.6 Å². The molecule has 0 unspecified atom stereocenters. The van der Waals surface area contributed by atoms with Crippen LogP contribution in [-0.4, -0.2) is 11.1 Å². The number of carbonyl (C=O) groups is 1. The summed E-state index contributed by atoms with van der Waals surface area (Å²) >= 11 is 0. The molecule has 1 rings (SSSR count). The van der Waals surface area contributed by atoms with Gasteiger partial charge in [0, 0.05) is 12.5 Å². The second kappa shape index (κ2) is 12.1. The van der Waals surface area contributed by atoms with Crippen LogP contribution < -0.4 is 4.57 Å². The van der Waals surface area contributed by atoms with Gasteiger partial charge in [-0.3, -0.25) is 0 Å². The Hall–Kier alpha value is -1.38. The maximum Gasteiger partial charge on any atom is 0.342 e. The van der Waals surface area contributed by atoms with Crippen molar-refractivity contribution in [1.82, 2.24) is 0 Å². The SMILES string of the molecule is CCCCCCCCCCCCCc1c(C(=O)O)ccc[n+]1C. The average Bonchev–Trinajstić information content (AvgIpc) is 2.53. The number of nitrogens with zero attached hydrogens (tertiary/aromatic N) is 1. The summed E-state index contributed by atoms with van der Waals surface area (Å²) in [6, 6.07) is 3.50. The van der Waals surface area contributed by atoms with Gasteiger partial charge in [-0.1, -0.05) is 71.1 Å². The Labute approximate surface area is 141 Å². The predicted octanol–water partition coefficient (Wildman–Crippen LogP) is 5.06. The molecule has 0 radical (unpaired) electrons. The molecule has 1 N–H and O–H groups in total. The molecule has 0 amide bonds. The number of hydrogen-bond donors (Lipinski definition) is 1. The van der Waals surface area contributed by atoms with Gasteiger partial charge >= 0.3 is 5.97 Å². The standard InChI is InChI=1S/C20H33NO2/c1-3-4-5-6-7-8-9-10-11-12-13-16-19-18(20(22)23)15-14-17-21(19)2/h14-15,17H,3-13,16H2,1-2H3/p+1. The summed E-state index contributed by atoms with van der Waals surface area (Å²) in [7, 11) is 1.93. The van der Waals surface area contributed by atoms with Crippen LogP contribution in [0, 0.1) is 0 Å². The Kier molecular flexibility index (Phi) is 10.3. The highest BCUT2D eigenvalue weighted by Gasteiger charge is 2.17. The third-order valence-electron chi connectivity index (χ3n) is 4.56. The topological polar surface area (TPSA) is 41.2 Å². The van der Waals surface area contributed by atoms with E-state index in [0.717, 1.165) is 18.5 Å². The average molecular weight is 320 g/mol. The zero-order valence-electron chi connectivity index (χ0n) is 15.0. The van der Waals surface area contributed by atoms with Crippen LogP contribution in [0.15, 0.2) is 18.3 Å². The van der Waals surface area contributed by atoms with Crippen molar-refractivity contribution in [2.24, 2.45) is 7.05 Å². The molecule has 130 valence electrons. The minimum Gasteiger partial charge on any atom is -0.477 e. The lowest BCUT2D eigenvalue weighted by Gasteiger charge is -2.04. The van der Waals surface area contributed by atoms with Gasteiger partial charge in [0.1, 0.15) is 12.6 Å². The number of pyridine rings is 1. The normalized spacial score (nSPS) is 10.9. The fraction of sp³-hybridized carbons (Fsp3) is 0.700. The van der Waals surface area contributed by atoms with Gasteiger partial charge in [-0.15, -0.1) is 0 Å². The van der Waals surface area contributed by atoms with Crippen LogP contribution in [0.5, 0.6) is 0 Å². The van der Waals surface area contributed by atoms with Crippen molar-refractivity contribution in [3.8, 4) is 0 Å². The van der Waals surface area contributed by atoms with Crippen molar-refractivity contribution in [1.29, 1.82) is 0 Å². The van der Waals surface area contributed by atoms with E-state index in [-0.39, 0.29) is 0 Å². The largest absolute Gasteiger partial charge is 0.477 e. The number of rotatable bonds is 13. The predicted molar refractivity (Wildman–Crippen MR) is 94.7 cm³/mol. The Morgan fingerprint density at radius 2 is 1.48 bits per heavy atom. The molecular formula is C20H34NO2+. The van der Waals surface area contributed by atoms with E-state index in [0.29, 0.717) is 5.56 Å². The highest BCUT2D eigenvalue weighted by molar-refractivity contribution is 5.88. The van der Waals surface area contributed by atoms with E-state index in [4.69, 9.17) is 0 Å². The molecule has 0 aliphatic rings. The van der Waals surface area contributed by atoms with Crippen LogP contribution >= 0.6 is 0 Å². The van der Waals surface area contributed by atoms with Crippen LogP contribution in [0.25, 0.3) is 0 Å². The Bertz CT molecular complexity index is 457. The van der Waals surface area contributed by atoms with E-state index in [9.17, 15) is 9.90 Å². The van der Waals surface area contributed by atoms with Crippen LogP contribution in [0.2, 0.25) is 0 Å². The molecule has 0 saturated carbocycles. The van der Waals surface area contributed by atoms with Crippen LogP contribution in [0.3, 0.4) is 0 Å². The number of aryl methyl sites for hydroxylation is 1. The Morgan fingerprint density at radius 1 is 0.957 bits per heavy atom. The Balaban J connectivity index is 2.11. The quantitative estimate of drug-likeness (QED) is 0.407. The van der Waals surface area contributed by atoms with E-state index < -0.39 is 5.97 Å². The highest BCUT2D eigenvalue weighted by Crippen LogP contribution is 2.13. The summed E-state index contributed by atoms with van der Waals surface area (Å²) in [5.74, 6) is -0.820. The number of aromatic carboxylic acids is 1. The van der Waals surface area contributed by atoms with Crippen molar-refractivity contribution in [3.05, 3.63) is 29.6 Å². The number of hydrogen-bond acceptors (Lipinski definition) is 1. The van der Waals surface area contributed by atoms with Gasteiger partial charge in [-0.05, 0) is 12.5 Å². The zero-order chi connectivity index (χ0) is 16.9. The van der Waals surface area contributed by atoms with Gasteiger partial charge in [0.2, 0.25) is 0 Å². The number of carboxylic acid groups (broad SMARTS) is 1. The Morgan fingerprint density at radius 3 is 2.00 bits per heavy atom. The third kappa shape index (κ3) is 8.15. The first-order valence-corrected chi connectivity index (χ1v) is 9.37. The van der Waals surface area contributed by atoms with E-state index in [2.05, 4.69) is 6.92 Å². The number of aromatic nitrogens is 1. The molecule has 0 aliphatic heterocycles. The molecule has 23 heavy (non-hydrogen) atoms. The molecule has 3 nitrogen and oxygen atoms in total. The second-order valence-electron chi connectivity index (χ2n) is 6.57. The minimum atomic E-state index is -0.820. The molecular weight excluding hydrogens is 286 g/mol. The van der Waals surface area contributed by atoms with E-state index in [1.165, 1.54) is 64.2 Å². The molecule has 1 heterocycles. The molecule has 3 heteroatoms. The van der Waals surface area contributed by atoms with E-state index >= 15 is 0 Å². The van der Waals surface area contributed by atoms with Gasteiger partial charge in [0.15, 0.2) is 11.9 Å².